The van der Waals surface area contributed by atoms with Gasteiger partial charge in [-0.3, -0.25) is 9.63 Å². The molecule has 0 aromatic heterocycles. The lowest BCUT2D eigenvalue weighted by atomic mass is 10.1. The highest BCUT2D eigenvalue weighted by Gasteiger charge is 2.15. The molecular weight excluding hydrogens is 450 g/mol. The minimum absolute atomic E-state index is 0.0128. The van der Waals surface area contributed by atoms with Gasteiger partial charge in [-0.15, -0.1) is 0 Å². The van der Waals surface area contributed by atoms with Crippen LogP contribution in [0.2, 0.25) is 0 Å². The van der Waals surface area contributed by atoms with Gasteiger partial charge in [-0.05, 0) is 77.4 Å². The van der Waals surface area contributed by atoms with Crippen molar-refractivity contribution in [3.63, 3.8) is 0 Å². The second kappa shape index (κ2) is 9.29. The molecule has 0 aliphatic carbocycles. The van der Waals surface area contributed by atoms with Crippen molar-refractivity contribution in [2.75, 3.05) is 11.9 Å². The maximum Gasteiger partial charge on any atom is 0.276 e. The monoisotopic (exact) mass is 472 g/mol. The second-order valence-corrected chi connectivity index (χ2v) is 7.57. The molecule has 26 heavy (non-hydrogen) atoms. The lowest BCUT2D eigenvalue weighted by molar-refractivity contribution is -0.0267. The number of carbonyl (C=O) groups excluding carboxylic acids is 1. The number of halogens is 2. The lowest BCUT2D eigenvalue weighted by Crippen LogP contribution is -2.30. The van der Waals surface area contributed by atoms with Crippen molar-refractivity contribution in [2.45, 2.75) is 26.9 Å². The molecule has 0 heterocycles. The summed E-state index contributed by atoms with van der Waals surface area (Å²) in [6, 6.07) is 9.64. The van der Waals surface area contributed by atoms with E-state index in [1.807, 2.05) is 39.0 Å². The summed E-state index contributed by atoms with van der Waals surface area (Å²) in [5.74, 6) is -0.964. The van der Waals surface area contributed by atoms with Gasteiger partial charge >= 0.3 is 0 Å². The summed E-state index contributed by atoms with van der Waals surface area (Å²) in [4.78, 5) is 17.5. The molecule has 5 nitrogen and oxygen atoms in total. The van der Waals surface area contributed by atoms with Crippen molar-refractivity contribution < 1.29 is 19.1 Å². The highest BCUT2D eigenvalue weighted by Crippen LogP contribution is 2.25. The summed E-state index contributed by atoms with van der Waals surface area (Å²) in [5.41, 5.74) is 4.62. The van der Waals surface area contributed by atoms with Crippen LogP contribution in [-0.2, 0) is 4.84 Å². The molecule has 0 radical (unpaired) electrons. The molecule has 1 unspecified atom stereocenters. The molecule has 0 fully saturated rings. The zero-order valence-corrected chi connectivity index (χ0v) is 17.0. The van der Waals surface area contributed by atoms with E-state index in [4.69, 9.17) is 4.84 Å². The molecule has 0 bridgehead atoms. The number of nitrogens with one attached hydrogen (secondary N) is 2. The molecule has 0 spiro atoms. The third-order valence-corrected chi connectivity index (χ3v) is 4.54. The number of aliphatic hydroxyl groups excluding tert-OH is 1. The molecule has 2 rings (SSSR count). The number of hydrogen-bond donors (Lipinski definition) is 3. The zero-order chi connectivity index (χ0) is 19.3. The van der Waals surface area contributed by atoms with E-state index in [1.165, 1.54) is 18.2 Å². The van der Waals surface area contributed by atoms with Crippen LogP contribution in [0.1, 0.15) is 29.8 Å². The standard InChI is InChI=1S/C19H22FIN2O3/c1-11(2)18(24)10-26-23-19(25)15-6-4-13(20)9-17(15)22-16-7-5-14(21)8-12(16)3/h4-9,11,18,22,24H,10H2,1-3H3,(H,23,25). The van der Waals surface area contributed by atoms with Crippen LogP contribution in [0.4, 0.5) is 15.8 Å². The van der Waals surface area contributed by atoms with Crippen LogP contribution in [0.15, 0.2) is 36.4 Å². The summed E-state index contributed by atoms with van der Waals surface area (Å²) in [6.07, 6.45) is -0.685. The van der Waals surface area contributed by atoms with Gasteiger partial charge in [0.15, 0.2) is 0 Å². The van der Waals surface area contributed by atoms with Crippen molar-refractivity contribution in [1.29, 1.82) is 0 Å². The van der Waals surface area contributed by atoms with Gasteiger partial charge in [-0.2, -0.15) is 0 Å². The molecule has 0 aliphatic rings. The van der Waals surface area contributed by atoms with Crippen LogP contribution < -0.4 is 10.8 Å². The Balaban J connectivity index is 2.15. The van der Waals surface area contributed by atoms with E-state index < -0.39 is 17.8 Å². The van der Waals surface area contributed by atoms with E-state index in [9.17, 15) is 14.3 Å². The maximum absolute atomic E-state index is 13.7. The third kappa shape index (κ3) is 5.65. The smallest absolute Gasteiger partial charge is 0.276 e. The van der Waals surface area contributed by atoms with Crippen LogP contribution >= 0.6 is 22.6 Å². The SMILES string of the molecule is Cc1cc(I)ccc1Nc1cc(F)ccc1C(=O)NOCC(O)C(C)C. The van der Waals surface area contributed by atoms with E-state index in [-0.39, 0.29) is 18.1 Å². The zero-order valence-electron chi connectivity index (χ0n) is 14.8. The number of aryl methyl sites for hydroxylation is 1. The molecule has 2 aromatic carbocycles. The number of carbonyl (C=O) groups is 1. The Labute approximate surface area is 166 Å². The number of rotatable bonds is 7. The fraction of sp³-hybridized carbons (Fsp3) is 0.316. The highest BCUT2D eigenvalue weighted by atomic mass is 127. The average molecular weight is 472 g/mol. The Bertz CT molecular complexity index is 783. The number of hydrogen-bond acceptors (Lipinski definition) is 4. The predicted octanol–water partition coefficient (Wildman–Crippen LogP) is 4.16. The van der Waals surface area contributed by atoms with Gasteiger partial charge in [0, 0.05) is 9.26 Å². The summed E-state index contributed by atoms with van der Waals surface area (Å²) in [7, 11) is 0. The van der Waals surface area contributed by atoms with E-state index in [2.05, 4.69) is 33.4 Å². The Morgan fingerprint density at radius 1 is 1.23 bits per heavy atom. The number of benzene rings is 2. The second-order valence-electron chi connectivity index (χ2n) is 6.33. The van der Waals surface area contributed by atoms with Crippen LogP contribution in [-0.4, -0.2) is 23.7 Å². The van der Waals surface area contributed by atoms with Gasteiger partial charge in [0.2, 0.25) is 0 Å². The van der Waals surface area contributed by atoms with Gasteiger partial charge in [-0.1, -0.05) is 13.8 Å². The van der Waals surface area contributed by atoms with Crippen molar-refractivity contribution in [1.82, 2.24) is 5.48 Å². The Morgan fingerprint density at radius 2 is 1.96 bits per heavy atom. The van der Waals surface area contributed by atoms with E-state index in [1.54, 1.807) is 0 Å². The normalized spacial score (nSPS) is 12.1. The van der Waals surface area contributed by atoms with Crippen LogP contribution in [0.3, 0.4) is 0 Å². The molecule has 140 valence electrons. The number of hydroxylamine groups is 1. The maximum atomic E-state index is 13.7. The first kappa shape index (κ1) is 20.6. The van der Waals surface area contributed by atoms with Crippen molar-refractivity contribution in [2.24, 2.45) is 5.92 Å². The van der Waals surface area contributed by atoms with Gasteiger partial charge in [0.05, 0.1) is 17.4 Å². The molecule has 0 saturated heterocycles. The average Bonchev–Trinajstić information content (AvgIpc) is 2.57. The molecule has 1 amide bonds. The largest absolute Gasteiger partial charge is 0.390 e. The van der Waals surface area contributed by atoms with Crippen molar-refractivity contribution in [3.8, 4) is 0 Å². The van der Waals surface area contributed by atoms with Crippen LogP contribution in [0.5, 0.6) is 0 Å². The van der Waals surface area contributed by atoms with Crippen molar-refractivity contribution in [3.05, 3.63) is 56.9 Å². The first-order valence-electron chi connectivity index (χ1n) is 8.21. The van der Waals surface area contributed by atoms with Gasteiger partial charge < -0.3 is 10.4 Å². The minimum atomic E-state index is -0.685. The fourth-order valence-electron chi connectivity index (χ4n) is 2.17. The third-order valence-electron chi connectivity index (χ3n) is 3.87. The van der Waals surface area contributed by atoms with Gasteiger partial charge in [0.1, 0.15) is 12.4 Å². The summed E-state index contributed by atoms with van der Waals surface area (Å²) >= 11 is 2.21. The Morgan fingerprint density at radius 3 is 2.62 bits per heavy atom. The Kier molecular flexibility index (Phi) is 7.36. The highest BCUT2D eigenvalue weighted by molar-refractivity contribution is 14.1. The molecule has 7 heteroatoms. The van der Waals surface area contributed by atoms with Gasteiger partial charge in [-0.25, -0.2) is 9.87 Å². The minimum Gasteiger partial charge on any atom is -0.390 e. The number of aliphatic hydroxyl groups is 1. The number of amides is 1. The fourth-order valence-corrected chi connectivity index (χ4v) is 2.82. The molecule has 1 atom stereocenters. The van der Waals surface area contributed by atoms with E-state index in [0.29, 0.717) is 5.69 Å². The van der Waals surface area contributed by atoms with Crippen molar-refractivity contribution >= 4 is 39.9 Å². The van der Waals surface area contributed by atoms with E-state index in [0.717, 1.165) is 14.8 Å². The summed E-state index contributed by atoms with van der Waals surface area (Å²) < 4.78 is 14.8. The quantitative estimate of drug-likeness (QED) is 0.418. The predicted molar refractivity (Wildman–Crippen MR) is 108 cm³/mol. The molecule has 0 aliphatic heterocycles. The Hall–Kier alpha value is -1.71. The molecular formula is C19H22FIN2O3. The topological polar surface area (TPSA) is 70.6 Å². The molecule has 2 aromatic rings. The molecule has 0 saturated carbocycles. The van der Waals surface area contributed by atoms with E-state index >= 15 is 0 Å². The molecule has 3 N–H and O–H groups in total. The summed E-state index contributed by atoms with van der Waals surface area (Å²) in [5, 5.41) is 12.8. The lowest BCUT2D eigenvalue weighted by Gasteiger charge is -2.16. The number of anilines is 2. The van der Waals surface area contributed by atoms with Gasteiger partial charge in [0.25, 0.3) is 5.91 Å². The first-order valence-corrected chi connectivity index (χ1v) is 9.28. The van der Waals surface area contributed by atoms with Crippen LogP contribution in [0, 0.1) is 22.2 Å². The first-order chi connectivity index (χ1) is 12.3. The van der Waals surface area contributed by atoms with Crippen LogP contribution in [0.25, 0.3) is 0 Å². The summed E-state index contributed by atoms with van der Waals surface area (Å²) in [6.45, 7) is 5.60.